The maximum absolute atomic E-state index is 12.4. The number of nitrogens with zero attached hydrogens (tertiary/aromatic N) is 1. The predicted molar refractivity (Wildman–Crippen MR) is 63.0 cm³/mol. The van der Waals surface area contributed by atoms with Crippen LogP contribution in [0.15, 0.2) is 0 Å². The number of carbonyl (C=O) groups is 1. The molecule has 0 bridgehead atoms. The van der Waals surface area contributed by atoms with Crippen LogP contribution in [0, 0.1) is 5.92 Å². The molecule has 1 N–H and O–H groups in total. The minimum absolute atomic E-state index is 0.0134. The maximum atomic E-state index is 12.4. The third-order valence-electron chi connectivity index (χ3n) is 3.18. The monoisotopic (exact) mass is 248 g/mol. The van der Waals surface area contributed by atoms with Gasteiger partial charge < -0.3 is 10.2 Å². The quantitative estimate of drug-likeness (QED) is 0.824. The molecular formula is C12H22F2N2O. The molecule has 1 aliphatic heterocycles. The Morgan fingerprint density at radius 3 is 2.18 bits per heavy atom. The summed E-state index contributed by atoms with van der Waals surface area (Å²) in [5.74, 6) is 0.171. The van der Waals surface area contributed by atoms with Crippen molar-refractivity contribution in [1.29, 1.82) is 0 Å². The number of hydrogen-bond acceptors (Lipinski definition) is 2. The highest BCUT2D eigenvalue weighted by Gasteiger charge is 2.26. The van der Waals surface area contributed by atoms with Crippen LogP contribution in [0.5, 0.6) is 0 Å². The minimum atomic E-state index is -2.33. The first-order chi connectivity index (χ1) is 7.91. The van der Waals surface area contributed by atoms with Crippen LogP contribution in [0.4, 0.5) is 8.78 Å². The maximum Gasteiger partial charge on any atom is 0.253 e. The molecule has 1 aliphatic rings. The molecular weight excluding hydrogens is 226 g/mol. The van der Waals surface area contributed by atoms with Crippen molar-refractivity contribution in [3.63, 3.8) is 0 Å². The van der Waals surface area contributed by atoms with Crippen molar-refractivity contribution in [2.75, 3.05) is 13.1 Å². The van der Waals surface area contributed by atoms with E-state index in [1.54, 1.807) is 0 Å². The van der Waals surface area contributed by atoms with Crippen LogP contribution in [0.25, 0.3) is 0 Å². The molecule has 17 heavy (non-hydrogen) atoms. The van der Waals surface area contributed by atoms with E-state index in [1.807, 2.05) is 18.7 Å². The Morgan fingerprint density at radius 1 is 1.24 bits per heavy atom. The van der Waals surface area contributed by atoms with Gasteiger partial charge in [0.15, 0.2) is 0 Å². The molecule has 3 nitrogen and oxygen atoms in total. The summed E-state index contributed by atoms with van der Waals surface area (Å²) in [5.41, 5.74) is 0. The van der Waals surface area contributed by atoms with Crippen LogP contribution in [-0.4, -0.2) is 42.4 Å². The molecule has 1 amide bonds. The van der Waals surface area contributed by atoms with Crippen LogP contribution in [0.3, 0.4) is 0 Å². The number of rotatable bonds is 4. The highest BCUT2D eigenvalue weighted by Crippen LogP contribution is 2.14. The summed E-state index contributed by atoms with van der Waals surface area (Å²) in [5, 5.41) is 2.92. The molecule has 1 heterocycles. The Hall–Kier alpha value is -0.710. The summed E-state index contributed by atoms with van der Waals surface area (Å²) in [4.78, 5) is 13.5. The van der Waals surface area contributed by atoms with Gasteiger partial charge in [-0.3, -0.25) is 4.79 Å². The number of alkyl halides is 2. The van der Waals surface area contributed by atoms with Crippen molar-refractivity contribution in [2.24, 2.45) is 5.92 Å². The van der Waals surface area contributed by atoms with Crippen LogP contribution in [0.1, 0.15) is 33.6 Å². The second-order valence-electron chi connectivity index (χ2n) is 5.04. The molecule has 1 saturated heterocycles. The van der Waals surface area contributed by atoms with Gasteiger partial charge in [0, 0.05) is 25.0 Å². The molecule has 5 heteroatoms. The van der Waals surface area contributed by atoms with Crippen LogP contribution in [0.2, 0.25) is 0 Å². The average molecular weight is 248 g/mol. The normalized spacial score (nSPS) is 20.1. The largest absolute Gasteiger partial charge is 0.342 e. The van der Waals surface area contributed by atoms with E-state index in [0.717, 1.165) is 12.8 Å². The molecule has 1 atom stereocenters. The van der Waals surface area contributed by atoms with Gasteiger partial charge in [0.05, 0.1) is 6.04 Å². The van der Waals surface area contributed by atoms with Crippen molar-refractivity contribution in [3.05, 3.63) is 0 Å². The highest BCUT2D eigenvalue weighted by molar-refractivity contribution is 5.78. The van der Waals surface area contributed by atoms with Crippen LogP contribution >= 0.6 is 0 Å². The van der Waals surface area contributed by atoms with Gasteiger partial charge in [0.25, 0.3) is 6.43 Å². The minimum Gasteiger partial charge on any atom is -0.342 e. The van der Waals surface area contributed by atoms with E-state index in [-0.39, 0.29) is 17.9 Å². The second-order valence-corrected chi connectivity index (χ2v) is 5.04. The van der Waals surface area contributed by atoms with E-state index in [2.05, 4.69) is 5.32 Å². The van der Waals surface area contributed by atoms with Crippen molar-refractivity contribution in [1.82, 2.24) is 10.2 Å². The Kier molecular flexibility index (Phi) is 5.31. The lowest BCUT2D eigenvalue weighted by atomic mass is 10.0. The second kappa shape index (κ2) is 6.28. The van der Waals surface area contributed by atoms with Gasteiger partial charge in [-0.1, -0.05) is 13.8 Å². The fraction of sp³-hybridized carbons (Fsp3) is 0.917. The molecule has 0 aromatic rings. The fourth-order valence-electron chi connectivity index (χ4n) is 2.08. The molecule has 100 valence electrons. The third kappa shape index (κ3) is 4.22. The number of halogens is 2. The molecule has 0 aromatic heterocycles. The Labute approximate surface area is 102 Å². The molecule has 1 unspecified atom stereocenters. The van der Waals surface area contributed by atoms with Crippen molar-refractivity contribution in [3.8, 4) is 0 Å². The number of amides is 1. The average Bonchev–Trinajstić information content (AvgIpc) is 2.28. The van der Waals surface area contributed by atoms with Crippen molar-refractivity contribution >= 4 is 5.91 Å². The number of hydrogen-bond donors (Lipinski definition) is 1. The number of piperidine rings is 1. The van der Waals surface area contributed by atoms with Gasteiger partial charge in [-0.2, -0.15) is 0 Å². The lowest BCUT2D eigenvalue weighted by Gasteiger charge is -2.34. The predicted octanol–water partition coefficient (Wildman–Crippen LogP) is 1.88. The lowest BCUT2D eigenvalue weighted by molar-refractivity contribution is -0.135. The number of likely N-dealkylation sites (tertiary alicyclic amines) is 1. The Balaban J connectivity index is 2.33. The highest BCUT2D eigenvalue weighted by atomic mass is 19.3. The summed E-state index contributed by atoms with van der Waals surface area (Å²) in [6.45, 7) is 6.60. The van der Waals surface area contributed by atoms with Gasteiger partial charge in [0.2, 0.25) is 5.91 Å². The molecule has 0 aliphatic carbocycles. The van der Waals surface area contributed by atoms with E-state index in [4.69, 9.17) is 0 Å². The molecule has 0 saturated carbocycles. The summed E-state index contributed by atoms with van der Waals surface area (Å²) in [6.07, 6.45) is -0.810. The van der Waals surface area contributed by atoms with Gasteiger partial charge in [-0.25, -0.2) is 8.78 Å². The van der Waals surface area contributed by atoms with Crippen molar-refractivity contribution in [2.45, 2.75) is 52.1 Å². The number of nitrogens with one attached hydrogen (secondary N) is 1. The summed E-state index contributed by atoms with van der Waals surface area (Å²) in [6, 6.07) is -0.664. The first-order valence-electron chi connectivity index (χ1n) is 6.24. The molecule has 0 aromatic carbocycles. The first kappa shape index (κ1) is 14.4. The Bertz CT molecular complexity index is 251. The molecule has 1 fully saturated rings. The van der Waals surface area contributed by atoms with Gasteiger partial charge in [-0.05, 0) is 19.8 Å². The van der Waals surface area contributed by atoms with Crippen LogP contribution in [-0.2, 0) is 4.79 Å². The van der Waals surface area contributed by atoms with E-state index < -0.39 is 12.5 Å². The zero-order chi connectivity index (χ0) is 13.0. The zero-order valence-corrected chi connectivity index (χ0v) is 10.7. The summed E-state index contributed by atoms with van der Waals surface area (Å²) < 4.78 is 24.7. The SMILES string of the molecule is CC(C)C(=O)N1CCC(NC(C)C(F)F)CC1. The standard InChI is InChI=1S/C12H22F2N2O/c1-8(2)12(17)16-6-4-10(5-7-16)15-9(3)11(13)14/h8-11,15H,4-7H2,1-3H3. The lowest BCUT2D eigenvalue weighted by Crippen LogP contribution is -2.49. The van der Waals surface area contributed by atoms with E-state index in [1.165, 1.54) is 6.92 Å². The van der Waals surface area contributed by atoms with E-state index >= 15 is 0 Å². The van der Waals surface area contributed by atoms with E-state index in [9.17, 15) is 13.6 Å². The topological polar surface area (TPSA) is 32.3 Å². The molecule has 0 radical (unpaired) electrons. The first-order valence-corrected chi connectivity index (χ1v) is 6.24. The van der Waals surface area contributed by atoms with Crippen LogP contribution < -0.4 is 5.32 Å². The number of carbonyl (C=O) groups excluding carboxylic acids is 1. The van der Waals surface area contributed by atoms with Gasteiger partial charge >= 0.3 is 0 Å². The van der Waals surface area contributed by atoms with E-state index in [0.29, 0.717) is 13.1 Å². The zero-order valence-electron chi connectivity index (χ0n) is 10.7. The molecule has 0 spiro atoms. The molecule has 1 rings (SSSR count). The summed E-state index contributed by atoms with van der Waals surface area (Å²) in [7, 11) is 0. The summed E-state index contributed by atoms with van der Waals surface area (Å²) >= 11 is 0. The van der Waals surface area contributed by atoms with Gasteiger partial charge in [-0.15, -0.1) is 0 Å². The van der Waals surface area contributed by atoms with Crippen molar-refractivity contribution < 1.29 is 13.6 Å². The fourth-order valence-corrected chi connectivity index (χ4v) is 2.08. The Morgan fingerprint density at radius 2 is 1.76 bits per heavy atom. The third-order valence-corrected chi connectivity index (χ3v) is 3.18. The van der Waals surface area contributed by atoms with Gasteiger partial charge in [0.1, 0.15) is 0 Å². The smallest absolute Gasteiger partial charge is 0.253 e.